The van der Waals surface area contributed by atoms with Crippen molar-refractivity contribution in [1.29, 1.82) is 0 Å². The molecule has 2 aliphatic rings. The number of hydrogen-bond donors (Lipinski definition) is 1. The largest absolute Gasteiger partial charge is 0.497 e. The quantitative estimate of drug-likeness (QED) is 0.870. The van der Waals surface area contributed by atoms with Gasteiger partial charge in [-0.1, -0.05) is 12.1 Å². The van der Waals surface area contributed by atoms with Gasteiger partial charge in [0.05, 0.1) is 13.2 Å². The zero-order chi connectivity index (χ0) is 14.7. The third kappa shape index (κ3) is 3.76. The van der Waals surface area contributed by atoms with E-state index in [4.69, 9.17) is 4.74 Å². The van der Waals surface area contributed by atoms with Gasteiger partial charge in [-0.3, -0.25) is 4.79 Å². The number of nitrogens with one attached hydrogen (secondary N) is 1. The smallest absolute Gasteiger partial charge is 0.239 e. The van der Waals surface area contributed by atoms with Gasteiger partial charge in [0.2, 0.25) is 5.91 Å². The molecule has 1 saturated heterocycles. The second kappa shape index (κ2) is 6.48. The fourth-order valence-corrected chi connectivity index (χ4v) is 2.91. The average molecular weight is 288 g/mol. The lowest BCUT2D eigenvalue weighted by Gasteiger charge is -2.33. The lowest BCUT2D eigenvalue weighted by Crippen LogP contribution is -2.51. The molecule has 1 aromatic carbocycles. The number of hydrogen-bond acceptors (Lipinski definition) is 3. The second-order valence-electron chi connectivity index (χ2n) is 6.06. The van der Waals surface area contributed by atoms with Gasteiger partial charge < -0.3 is 15.0 Å². The molecule has 4 heteroatoms. The number of benzene rings is 1. The monoisotopic (exact) mass is 288 g/mol. The zero-order valence-corrected chi connectivity index (χ0v) is 12.7. The Hall–Kier alpha value is -1.55. The van der Waals surface area contributed by atoms with Crippen molar-refractivity contribution in [2.75, 3.05) is 20.2 Å². The van der Waals surface area contributed by atoms with Gasteiger partial charge in [0.25, 0.3) is 0 Å². The van der Waals surface area contributed by atoms with Gasteiger partial charge in [0.15, 0.2) is 0 Å². The number of piperidine rings is 1. The topological polar surface area (TPSA) is 41.6 Å². The Morgan fingerprint density at radius 1 is 1.24 bits per heavy atom. The zero-order valence-electron chi connectivity index (χ0n) is 12.7. The van der Waals surface area contributed by atoms with E-state index < -0.39 is 0 Å². The van der Waals surface area contributed by atoms with Crippen LogP contribution in [0.3, 0.4) is 0 Å². The molecule has 0 radical (unpaired) electrons. The van der Waals surface area contributed by atoms with Gasteiger partial charge in [0, 0.05) is 19.1 Å². The molecule has 1 saturated carbocycles. The summed E-state index contributed by atoms with van der Waals surface area (Å²) in [6.07, 6.45) is 5.48. The summed E-state index contributed by atoms with van der Waals surface area (Å²) in [5.41, 5.74) is 1.25. The van der Waals surface area contributed by atoms with Gasteiger partial charge in [-0.2, -0.15) is 0 Å². The number of rotatable bonds is 6. The van der Waals surface area contributed by atoms with E-state index in [0.717, 1.165) is 38.1 Å². The van der Waals surface area contributed by atoms with Crippen molar-refractivity contribution in [3.8, 4) is 5.75 Å². The molecule has 1 N–H and O–H groups in total. The van der Waals surface area contributed by atoms with Crippen LogP contribution in [0.4, 0.5) is 0 Å². The van der Waals surface area contributed by atoms with Crippen LogP contribution in [0.25, 0.3) is 0 Å². The van der Waals surface area contributed by atoms with Gasteiger partial charge in [-0.25, -0.2) is 0 Å². The molecule has 3 rings (SSSR count). The van der Waals surface area contributed by atoms with Gasteiger partial charge in [0.1, 0.15) is 5.75 Å². The molecule has 1 unspecified atom stereocenters. The van der Waals surface area contributed by atoms with Crippen molar-refractivity contribution in [2.24, 2.45) is 0 Å². The summed E-state index contributed by atoms with van der Waals surface area (Å²) >= 11 is 0. The van der Waals surface area contributed by atoms with E-state index in [0.29, 0.717) is 11.9 Å². The minimum absolute atomic E-state index is 0.0575. The van der Waals surface area contributed by atoms with E-state index in [1.54, 1.807) is 7.11 Å². The maximum atomic E-state index is 12.5. The predicted molar refractivity (Wildman–Crippen MR) is 82.5 cm³/mol. The third-order valence-electron chi connectivity index (χ3n) is 4.37. The van der Waals surface area contributed by atoms with Crippen LogP contribution < -0.4 is 10.1 Å². The highest BCUT2D eigenvalue weighted by Crippen LogP contribution is 2.22. The number of likely N-dealkylation sites (tertiary alicyclic amines) is 1. The number of carbonyl (C=O) groups is 1. The van der Waals surface area contributed by atoms with Gasteiger partial charge in [-0.15, -0.1) is 0 Å². The Labute approximate surface area is 126 Å². The first kappa shape index (κ1) is 14.4. The molecule has 21 heavy (non-hydrogen) atoms. The summed E-state index contributed by atoms with van der Waals surface area (Å²) in [6, 6.07) is 8.76. The molecular weight excluding hydrogens is 264 g/mol. The van der Waals surface area contributed by atoms with Crippen LogP contribution in [-0.2, 0) is 11.2 Å². The van der Waals surface area contributed by atoms with E-state index in [-0.39, 0.29) is 6.04 Å². The molecule has 0 bridgehead atoms. The molecule has 2 fully saturated rings. The van der Waals surface area contributed by atoms with Crippen molar-refractivity contribution < 1.29 is 9.53 Å². The van der Waals surface area contributed by atoms with Crippen LogP contribution in [0.2, 0.25) is 0 Å². The first-order chi connectivity index (χ1) is 10.3. The molecule has 4 nitrogen and oxygen atoms in total. The average Bonchev–Trinajstić information content (AvgIpc) is 3.33. The van der Waals surface area contributed by atoms with E-state index in [1.165, 1.54) is 18.4 Å². The fraction of sp³-hybridized carbons (Fsp3) is 0.588. The first-order valence-corrected chi connectivity index (χ1v) is 7.94. The Balaban J connectivity index is 1.52. The number of ether oxygens (including phenoxy) is 1. The molecule has 1 aliphatic heterocycles. The normalized spacial score (nSPS) is 22.4. The standard InChI is InChI=1S/C17H24N2O2/c1-21-15-8-4-13(5-9-15)10-12-19-11-2-3-16(17(19)20)18-14-6-7-14/h4-5,8-9,14,16,18H,2-3,6-7,10-12H2,1H3. The lowest BCUT2D eigenvalue weighted by molar-refractivity contribution is -0.136. The van der Waals surface area contributed by atoms with Crippen LogP contribution in [0.1, 0.15) is 31.2 Å². The van der Waals surface area contributed by atoms with E-state index in [1.807, 2.05) is 17.0 Å². The number of amides is 1. The first-order valence-electron chi connectivity index (χ1n) is 7.94. The minimum Gasteiger partial charge on any atom is -0.497 e. The molecule has 1 amide bonds. The van der Waals surface area contributed by atoms with Crippen molar-refractivity contribution >= 4 is 5.91 Å². The number of methoxy groups -OCH3 is 1. The second-order valence-corrected chi connectivity index (χ2v) is 6.06. The molecular formula is C17H24N2O2. The number of nitrogens with zero attached hydrogens (tertiary/aromatic N) is 1. The molecule has 1 atom stereocenters. The van der Waals surface area contributed by atoms with Crippen LogP contribution in [0.15, 0.2) is 24.3 Å². The summed E-state index contributed by atoms with van der Waals surface area (Å²) in [6.45, 7) is 1.71. The van der Waals surface area contributed by atoms with E-state index in [9.17, 15) is 4.79 Å². The molecule has 1 aromatic rings. The fourth-order valence-electron chi connectivity index (χ4n) is 2.91. The predicted octanol–water partition coefficient (Wildman–Crippen LogP) is 1.98. The Morgan fingerprint density at radius 3 is 2.67 bits per heavy atom. The third-order valence-corrected chi connectivity index (χ3v) is 4.37. The Kier molecular flexibility index (Phi) is 4.44. The maximum Gasteiger partial charge on any atom is 0.239 e. The van der Waals surface area contributed by atoms with Crippen LogP contribution in [0, 0.1) is 0 Å². The lowest BCUT2D eigenvalue weighted by atomic mass is 10.0. The van der Waals surface area contributed by atoms with Crippen molar-refractivity contribution in [3.05, 3.63) is 29.8 Å². The summed E-state index contributed by atoms with van der Waals surface area (Å²) in [7, 11) is 1.68. The molecule has 114 valence electrons. The summed E-state index contributed by atoms with van der Waals surface area (Å²) in [4.78, 5) is 14.5. The Bertz CT molecular complexity index is 482. The SMILES string of the molecule is COc1ccc(CCN2CCCC(NC3CC3)C2=O)cc1. The summed E-state index contributed by atoms with van der Waals surface area (Å²) < 4.78 is 5.16. The van der Waals surface area contributed by atoms with Crippen LogP contribution in [-0.4, -0.2) is 43.1 Å². The highest BCUT2D eigenvalue weighted by molar-refractivity contribution is 5.82. The highest BCUT2D eigenvalue weighted by atomic mass is 16.5. The molecule has 1 aliphatic carbocycles. The van der Waals surface area contributed by atoms with Crippen molar-refractivity contribution in [3.63, 3.8) is 0 Å². The summed E-state index contributed by atoms with van der Waals surface area (Å²) in [5.74, 6) is 1.17. The van der Waals surface area contributed by atoms with Crippen molar-refractivity contribution in [2.45, 2.75) is 44.2 Å². The maximum absolute atomic E-state index is 12.5. The number of carbonyl (C=O) groups excluding carboxylic acids is 1. The van der Waals surface area contributed by atoms with E-state index >= 15 is 0 Å². The van der Waals surface area contributed by atoms with Crippen molar-refractivity contribution in [1.82, 2.24) is 10.2 Å². The highest BCUT2D eigenvalue weighted by Gasteiger charge is 2.32. The molecule has 1 heterocycles. The van der Waals surface area contributed by atoms with Crippen LogP contribution >= 0.6 is 0 Å². The van der Waals surface area contributed by atoms with E-state index in [2.05, 4.69) is 17.4 Å². The Morgan fingerprint density at radius 2 is 2.00 bits per heavy atom. The molecule has 0 spiro atoms. The van der Waals surface area contributed by atoms with Crippen LogP contribution in [0.5, 0.6) is 5.75 Å². The molecule has 0 aromatic heterocycles. The summed E-state index contributed by atoms with van der Waals surface area (Å²) in [5, 5.41) is 3.48. The van der Waals surface area contributed by atoms with Gasteiger partial charge >= 0.3 is 0 Å². The minimum atomic E-state index is 0.0575. The van der Waals surface area contributed by atoms with Gasteiger partial charge in [-0.05, 0) is 49.8 Å².